The molecule has 15 heavy (non-hydrogen) atoms. The number of aryl methyl sites for hydroxylation is 1. The smallest absolute Gasteiger partial charge is 0.187 e. The quantitative estimate of drug-likeness (QED) is 0.455. The van der Waals surface area contributed by atoms with E-state index in [0.29, 0.717) is 0 Å². The van der Waals surface area contributed by atoms with Crippen molar-refractivity contribution in [3.8, 4) is 0 Å². The van der Waals surface area contributed by atoms with Gasteiger partial charge in [-0.25, -0.2) is 9.97 Å². The zero-order valence-electron chi connectivity index (χ0n) is 9.29. The van der Waals surface area contributed by atoms with E-state index in [1.807, 2.05) is 19.3 Å². The van der Waals surface area contributed by atoms with Crippen LogP contribution in [0.3, 0.4) is 0 Å². The fourth-order valence-corrected chi connectivity index (χ4v) is 1.66. The van der Waals surface area contributed by atoms with Crippen LogP contribution in [-0.4, -0.2) is 28.8 Å². The van der Waals surface area contributed by atoms with Gasteiger partial charge in [-0.1, -0.05) is 30.8 Å². The Kier molecular flexibility index (Phi) is 5.36. The number of nitrogens with one attached hydrogen (secondary N) is 1. The molecule has 0 atom stereocenters. The van der Waals surface area contributed by atoms with Gasteiger partial charge in [0.25, 0.3) is 0 Å². The molecule has 0 aliphatic heterocycles. The summed E-state index contributed by atoms with van der Waals surface area (Å²) in [5.74, 6) is 0.871. The fourth-order valence-electron chi connectivity index (χ4n) is 0.975. The summed E-state index contributed by atoms with van der Waals surface area (Å²) in [6, 6.07) is 0. The molecule has 1 aromatic rings. The third-order valence-corrected chi connectivity index (χ3v) is 2.81. The van der Waals surface area contributed by atoms with Crippen molar-refractivity contribution in [2.45, 2.75) is 19.0 Å². The van der Waals surface area contributed by atoms with E-state index in [2.05, 4.69) is 28.8 Å². The predicted molar refractivity (Wildman–Crippen MR) is 65.2 cm³/mol. The molecule has 0 aliphatic rings. The minimum atomic E-state index is 0.818. The zero-order chi connectivity index (χ0) is 11.1. The molecule has 3 nitrogen and oxygen atoms in total. The maximum atomic E-state index is 4.22. The number of thioether (sulfide) groups is 1. The van der Waals surface area contributed by atoms with Crippen LogP contribution in [0.25, 0.3) is 0 Å². The second-order valence-corrected chi connectivity index (χ2v) is 4.30. The highest BCUT2D eigenvalue weighted by Crippen LogP contribution is 2.14. The molecule has 82 valence electrons. The molecule has 1 rings (SSSR count). The molecule has 0 aliphatic carbocycles. The van der Waals surface area contributed by atoms with Gasteiger partial charge in [0.1, 0.15) is 0 Å². The summed E-state index contributed by atoms with van der Waals surface area (Å²) >= 11 is 1.63. The molecular formula is C11H17N3S. The van der Waals surface area contributed by atoms with Crippen molar-refractivity contribution in [3.05, 3.63) is 30.1 Å². The molecule has 0 unspecified atom stereocenters. The maximum absolute atomic E-state index is 4.22. The average molecular weight is 223 g/mol. The van der Waals surface area contributed by atoms with Crippen LogP contribution < -0.4 is 5.32 Å². The van der Waals surface area contributed by atoms with Crippen LogP contribution in [0.15, 0.2) is 29.7 Å². The number of aromatic nitrogens is 2. The molecular weight excluding hydrogens is 206 g/mol. The monoisotopic (exact) mass is 223 g/mol. The van der Waals surface area contributed by atoms with Gasteiger partial charge in [-0.05, 0) is 19.0 Å². The molecule has 4 heteroatoms. The van der Waals surface area contributed by atoms with Gasteiger partial charge in [0.2, 0.25) is 0 Å². The number of rotatable bonds is 6. The highest BCUT2D eigenvalue weighted by Gasteiger charge is 1.99. The summed E-state index contributed by atoms with van der Waals surface area (Å²) in [5.41, 5.74) is 2.26. The molecule has 0 radical (unpaired) electrons. The Hall–Kier alpha value is -0.870. The van der Waals surface area contributed by atoms with Gasteiger partial charge in [0.05, 0.1) is 0 Å². The summed E-state index contributed by atoms with van der Waals surface area (Å²) in [6.07, 6.45) is 3.67. The SMILES string of the molecule is C=C(CNCC)CSc1ncc(C)cn1. The number of hydrogen-bond acceptors (Lipinski definition) is 4. The third-order valence-electron chi connectivity index (χ3n) is 1.79. The minimum absolute atomic E-state index is 0.818. The second-order valence-electron chi connectivity index (χ2n) is 3.36. The molecule has 0 aromatic carbocycles. The van der Waals surface area contributed by atoms with Gasteiger partial charge in [-0.15, -0.1) is 0 Å². The maximum Gasteiger partial charge on any atom is 0.187 e. The number of likely N-dealkylation sites (N-methyl/N-ethyl adjacent to an activating group) is 1. The van der Waals surface area contributed by atoms with E-state index in [1.165, 1.54) is 5.57 Å². The lowest BCUT2D eigenvalue weighted by Gasteiger charge is -2.04. The molecule has 1 heterocycles. The summed E-state index contributed by atoms with van der Waals surface area (Å²) < 4.78 is 0. The van der Waals surface area contributed by atoms with E-state index >= 15 is 0 Å². The molecule has 0 spiro atoms. The summed E-state index contributed by atoms with van der Waals surface area (Å²) in [5, 5.41) is 4.06. The van der Waals surface area contributed by atoms with E-state index in [9.17, 15) is 0 Å². The first-order valence-corrected chi connectivity index (χ1v) is 5.99. The molecule has 0 saturated carbocycles. The summed E-state index contributed by atoms with van der Waals surface area (Å²) in [6.45, 7) is 9.90. The second kappa shape index (κ2) is 6.58. The van der Waals surface area contributed by atoms with Crippen molar-refractivity contribution < 1.29 is 0 Å². The predicted octanol–water partition coefficient (Wildman–Crippen LogP) is 2.04. The van der Waals surface area contributed by atoms with Crippen molar-refractivity contribution in [2.24, 2.45) is 0 Å². The minimum Gasteiger partial charge on any atom is -0.313 e. The summed E-state index contributed by atoms with van der Waals surface area (Å²) in [7, 11) is 0. The first kappa shape index (κ1) is 12.2. The fraction of sp³-hybridized carbons (Fsp3) is 0.455. The first-order chi connectivity index (χ1) is 7.22. The van der Waals surface area contributed by atoms with E-state index in [-0.39, 0.29) is 0 Å². The van der Waals surface area contributed by atoms with Gasteiger partial charge in [0, 0.05) is 24.7 Å². The normalized spacial score (nSPS) is 10.3. The molecule has 0 saturated heterocycles. The Morgan fingerprint density at radius 2 is 2.13 bits per heavy atom. The van der Waals surface area contributed by atoms with E-state index in [4.69, 9.17) is 0 Å². The van der Waals surface area contributed by atoms with Crippen LogP contribution in [0, 0.1) is 6.92 Å². The Labute approximate surface area is 95.4 Å². The standard InChI is InChI=1S/C11H17N3S/c1-4-12-5-10(3)8-15-11-13-6-9(2)7-14-11/h6-7,12H,3-5,8H2,1-2H3. The van der Waals surface area contributed by atoms with Crippen LogP contribution >= 0.6 is 11.8 Å². The van der Waals surface area contributed by atoms with Crippen LogP contribution in [0.5, 0.6) is 0 Å². The van der Waals surface area contributed by atoms with Crippen molar-refractivity contribution in [1.82, 2.24) is 15.3 Å². The first-order valence-electron chi connectivity index (χ1n) is 5.01. The van der Waals surface area contributed by atoms with Crippen LogP contribution in [0.2, 0.25) is 0 Å². The van der Waals surface area contributed by atoms with E-state index in [0.717, 1.165) is 29.6 Å². The molecule has 1 aromatic heterocycles. The number of nitrogens with zero attached hydrogens (tertiary/aromatic N) is 2. The van der Waals surface area contributed by atoms with Crippen LogP contribution in [0.1, 0.15) is 12.5 Å². The Balaban J connectivity index is 2.30. The van der Waals surface area contributed by atoms with E-state index < -0.39 is 0 Å². The largest absolute Gasteiger partial charge is 0.313 e. The van der Waals surface area contributed by atoms with Crippen molar-refractivity contribution in [3.63, 3.8) is 0 Å². The molecule has 0 fully saturated rings. The van der Waals surface area contributed by atoms with Gasteiger partial charge < -0.3 is 5.32 Å². The lowest BCUT2D eigenvalue weighted by molar-refractivity contribution is 0.779. The average Bonchev–Trinajstić information content (AvgIpc) is 2.25. The van der Waals surface area contributed by atoms with Gasteiger partial charge in [-0.3, -0.25) is 0 Å². The Morgan fingerprint density at radius 3 is 2.73 bits per heavy atom. The molecule has 0 amide bonds. The molecule has 1 N–H and O–H groups in total. The highest BCUT2D eigenvalue weighted by atomic mass is 32.2. The Morgan fingerprint density at radius 1 is 1.47 bits per heavy atom. The Bertz CT molecular complexity index is 308. The van der Waals surface area contributed by atoms with Gasteiger partial charge in [0.15, 0.2) is 5.16 Å². The highest BCUT2D eigenvalue weighted by molar-refractivity contribution is 7.99. The zero-order valence-corrected chi connectivity index (χ0v) is 10.1. The van der Waals surface area contributed by atoms with Crippen LogP contribution in [-0.2, 0) is 0 Å². The lowest BCUT2D eigenvalue weighted by Crippen LogP contribution is -2.16. The van der Waals surface area contributed by atoms with Crippen molar-refractivity contribution in [2.75, 3.05) is 18.8 Å². The number of hydrogen-bond donors (Lipinski definition) is 1. The third kappa shape index (κ3) is 4.95. The van der Waals surface area contributed by atoms with Gasteiger partial charge >= 0.3 is 0 Å². The lowest BCUT2D eigenvalue weighted by atomic mass is 10.3. The van der Waals surface area contributed by atoms with Crippen LogP contribution in [0.4, 0.5) is 0 Å². The molecule has 0 bridgehead atoms. The topological polar surface area (TPSA) is 37.8 Å². The van der Waals surface area contributed by atoms with Crippen molar-refractivity contribution >= 4 is 11.8 Å². The van der Waals surface area contributed by atoms with Crippen molar-refractivity contribution in [1.29, 1.82) is 0 Å². The summed E-state index contributed by atoms with van der Waals surface area (Å²) in [4.78, 5) is 8.44. The van der Waals surface area contributed by atoms with Gasteiger partial charge in [-0.2, -0.15) is 0 Å². The van der Waals surface area contributed by atoms with E-state index in [1.54, 1.807) is 11.8 Å².